The summed E-state index contributed by atoms with van der Waals surface area (Å²) in [5.74, 6) is 0. The van der Waals surface area contributed by atoms with Crippen LogP contribution in [-0.2, 0) is 23.1 Å². The normalized spacial score (nSPS) is 12.8. The summed E-state index contributed by atoms with van der Waals surface area (Å²) >= 11 is 0. The van der Waals surface area contributed by atoms with Gasteiger partial charge in [0, 0.05) is 30.4 Å². The lowest BCUT2D eigenvalue weighted by Gasteiger charge is -2.25. The molecule has 1 heterocycles. The van der Waals surface area contributed by atoms with Gasteiger partial charge in [-0.25, -0.2) is 13.1 Å². The van der Waals surface area contributed by atoms with Crippen LogP contribution in [0.15, 0.2) is 12.4 Å². The van der Waals surface area contributed by atoms with E-state index in [9.17, 15) is 8.42 Å². The standard InChI is InChI=1S/C11H22N4O3S/c1-11(2,14-19(3,17)18)9-12-6-10-7-13-15(8-10)4-5-16/h7-8,12,14,16H,4-6,9H2,1-3H3. The van der Waals surface area contributed by atoms with Gasteiger partial charge in [-0.1, -0.05) is 0 Å². The molecule has 1 aromatic heterocycles. The highest BCUT2D eigenvalue weighted by atomic mass is 32.2. The van der Waals surface area contributed by atoms with Crippen LogP contribution in [0, 0.1) is 0 Å². The molecule has 0 bridgehead atoms. The Morgan fingerprint density at radius 2 is 2.16 bits per heavy atom. The Balaban J connectivity index is 2.40. The van der Waals surface area contributed by atoms with Crippen molar-refractivity contribution >= 4 is 10.0 Å². The van der Waals surface area contributed by atoms with Crippen LogP contribution in [0.1, 0.15) is 19.4 Å². The Bertz CT molecular complexity index is 496. The summed E-state index contributed by atoms with van der Waals surface area (Å²) in [6, 6.07) is 0. The van der Waals surface area contributed by atoms with Gasteiger partial charge in [0.25, 0.3) is 0 Å². The van der Waals surface area contributed by atoms with Crippen molar-refractivity contribution < 1.29 is 13.5 Å². The first-order valence-corrected chi connectivity index (χ1v) is 7.93. The van der Waals surface area contributed by atoms with E-state index in [1.165, 1.54) is 0 Å². The summed E-state index contributed by atoms with van der Waals surface area (Å²) < 4.78 is 26.6. The fraction of sp³-hybridized carbons (Fsp3) is 0.727. The minimum atomic E-state index is -3.21. The van der Waals surface area contributed by atoms with Crippen molar-refractivity contribution in [3.8, 4) is 0 Å². The van der Waals surface area contributed by atoms with Crippen molar-refractivity contribution in [3.63, 3.8) is 0 Å². The van der Waals surface area contributed by atoms with Gasteiger partial charge in [0.2, 0.25) is 10.0 Å². The van der Waals surface area contributed by atoms with Crippen molar-refractivity contribution in [2.45, 2.75) is 32.5 Å². The van der Waals surface area contributed by atoms with Crippen LogP contribution < -0.4 is 10.0 Å². The van der Waals surface area contributed by atoms with E-state index >= 15 is 0 Å². The number of aromatic nitrogens is 2. The van der Waals surface area contributed by atoms with Crippen LogP contribution >= 0.6 is 0 Å². The summed E-state index contributed by atoms with van der Waals surface area (Å²) in [4.78, 5) is 0. The number of nitrogens with one attached hydrogen (secondary N) is 2. The predicted octanol–water partition coefficient (Wildman–Crippen LogP) is -0.707. The molecule has 0 aliphatic heterocycles. The van der Waals surface area contributed by atoms with E-state index < -0.39 is 15.6 Å². The lowest BCUT2D eigenvalue weighted by atomic mass is 10.1. The highest BCUT2D eigenvalue weighted by molar-refractivity contribution is 7.88. The molecular weight excluding hydrogens is 268 g/mol. The van der Waals surface area contributed by atoms with E-state index in [1.807, 2.05) is 20.0 Å². The van der Waals surface area contributed by atoms with E-state index in [2.05, 4.69) is 15.1 Å². The molecule has 1 aromatic rings. The number of nitrogens with zero attached hydrogens (tertiary/aromatic N) is 2. The zero-order valence-corrected chi connectivity index (χ0v) is 12.4. The molecule has 3 N–H and O–H groups in total. The quantitative estimate of drug-likeness (QED) is 0.588. The average Bonchev–Trinajstić information content (AvgIpc) is 2.62. The Labute approximate surface area is 114 Å². The fourth-order valence-corrected chi connectivity index (χ4v) is 2.86. The van der Waals surface area contributed by atoms with Crippen molar-refractivity contribution in [3.05, 3.63) is 18.0 Å². The minimum absolute atomic E-state index is 0.0554. The second-order valence-electron chi connectivity index (χ2n) is 5.20. The van der Waals surface area contributed by atoms with E-state index in [0.29, 0.717) is 19.6 Å². The molecule has 7 nitrogen and oxygen atoms in total. The van der Waals surface area contributed by atoms with Gasteiger partial charge in [-0.2, -0.15) is 5.10 Å². The first-order valence-electron chi connectivity index (χ1n) is 6.04. The molecule has 0 saturated heterocycles. The van der Waals surface area contributed by atoms with E-state index in [1.54, 1.807) is 10.9 Å². The summed E-state index contributed by atoms with van der Waals surface area (Å²) in [5.41, 5.74) is 0.443. The molecule has 0 amide bonds. The van der Waals surface area contributed by atoms with Gasteiger partial charge in [-0.15, -0.1) is 0 Å². The first kappa shape index (κ1) is 16.1. The third-order valence-electron chi connectivity index (χ3n) is 2.37. The van der Waals surface area contributed by atoms with Gasteiger partial charge in [0.1, 0.15) is 0 Å². The van der Waals surface area contributed by atoms with Gasteiger partial charge in [0.05, 0.1) is 25.6 Å². The van der Waals surface area contributed by atoms with Gasteiger partial charge in [-0.05, 0) is 13.8 Å². The molecule has 0 aromatic carbocycles. The second-order valence-corrected chi connectivity index (χ2v) is 6.95. The topological polar surface area (TPSA) is 96.2 Å². The smallest absolute Gasteiger partial charge is 0.209 e. The number of hydrogen-bond acceptors (Lipinski definition) is 5. The average molecular weight is 290 g/mol. The maximum atomic E-state index is 11.2. The van der Waals surface area contributed by atoms with Crippen LogP contribution in [0.2, 0.25) is 0 Å². The lowest BCUT2D eigenvalue weighted by molar-refractivity contribution is 0.269. The largest absolute Gasteiger partial charge is 0.394 e. The molecule has 0 radical (unpaired) electrons. The van der Waals surface area contributed by atoms with E-state index in [-0.39, 0.29) is 6.61 Å². The van der Waals surface area contributed by atoms with Crippen molar-refractivity contribution in [1.29, 1.82) is 0 Å². The number of rotatable bonds is 8. The summed E-state index contributed by atoms with van der Waals surface area (Å²) in [6.07, 6.45) is 4.72. The monoisotopic (exact) mass is 290 g/mol. The number of aliphatic hydroxyl groups is 1. The lowest BCUT2D eigenvalue weighted by Crippen LogP contribution is -2.49. The summed E-state index contributed by atoms with van der Waals surface area (Å²) in [7, 11) is -3.21. The Hall–Kier alpha value is -0.960. The molecule has 1 rings (SSSR count). The zero-order chi connectivity index (χ0) is 14.5. The molecule has 0 aliphatic rings. The Kier molecular flexibility index (Phi) is 5.48. The molecule has 0 aliphatic carbocycles. The first-order chi connectivity index (χ1) is 8.72. The van der Waals surface area contributed by atoms with Gasteiger partial charge < -0.3 is 10.4 Å². The molecule has 0 saturated carbocycles. The van der Waals surface area contributed by atoms with Crippen LogP contribution in [0.3, 0.4) is 0 Å². The molecule has 110 valence electrons. The van der Waals surface area contributed by atoms with Crippen LogP contribution in [0.4, 0.5) is 0 Å². The maximum absolute atomic E-state index is 11.2. The molecule has 0 unspecified atom stereocenters. The molecule has 0 fully saturated rings. The number of hydrogen-bond donors (Lipinski definition) is 3. The minimum Gasteiger partial charge on any atom is -0.394 e. The van der Waals surface area contributed by atoms with Crippen molar-refractivity contribution in [2.24, 2.45) is 0 Å². The molecule has 0 atom stereocenters. The zero-order valence-electron chi connectivity index (χ0n) is 11.5. The maximum Gasteiger partial charge on any atom is 0.209 e. The van der Waals surface area contributed by atoms with Gasteiger partial charge in [-0.3, -0.25) is 4.68 Å². The highest BCUT2D eigenvalue weighted by Crippen LogP contribution is 2.03. The SMILES string of the molecule is CC(C)(CNCc1cnn(CCO)c1)NS(C)(=O)=O. The van der Waals surface area contributed by atoms with E-state index in [0.717, 1.165) is 11.8 Å². The molecule has 8 heteroatoms. The summed E-state index contributed by atoms with van der Waals surface area (Å²) in [6.45, 7) is 5.26. The predicted molar refractivity (Wildman–Crippen MR) is 73.1 cm³/mol. The van der Waals surface area contributed by atoms with Crippen LogP contribution in [0.25, 0.3) is 0 Å². The Morgan fingerprint density at radius 3 is 2.74 bits per heavy atom. The molecular formula is C11H22N4O3S. The van der Waals surface area contributed by atoms with Gasteiger partial charge >= 0.3 is 0 Å². The third kappa shape index (κ3) is 6.67. The van der Waals surface area contributed by atoms with Crippen LogP contribution in [-0.4, -0.2) is 48.3 Å². The van der Waals surface area contributed by atoms with Gasteiger partial charge in [0.15, 0.2) is 0 Å². The highest BCUT2D eigenvalue weighted by Gasteiger charge is 2.21. The van der Waals surface area contributed by atoms with Crippen molar-refractivity contribution in [1.82, 2.24) is 19.8 Å². The molecule has 19 heavy (non-hydrogen) atoms. The second kappa shape index (κ2) is 6.47. The van der Waals surface area contributed by atoms with Crippen molar-refractivity contribution in [2.75, 3.05) is 19.4 Å². The third-order valence-corrected chi connectivity index (χ3v) is 3.30. The summed E-state index contributed by atoms with van der Waals surface area (Å²) in [5, 5.41) is 16.0. The van der Waals surface area contributed by atoms with Crippen LogP contribution in [0.5, 0.6) is 0 Å². The Morgan fingerprint density at radius 1 is 1.47 bits per heavy atom. The molecule has 0 spiro atoms. The number of aliphatic hydroxyl groups excluding tert-OH is 1. The number of sulfonamides is 1. The fourth-order valence-electron chi connectivity index (χ4n) is 1.78. The van der Waals surface area contributed by atoms with E-state index in [4.69, 9.17) is 5.11 Å².